The van der Waals surface area contributed by atoms with E-state index in [4.69, 9.17) is 9.84 Å². The van der Waals surface area contributed by atoms with Crippen molar-refractivity contribution in [3.05, 3.63) is 63.1 Å². The summed E-state index contributed by atoms with van der Waals surface area (Å²) in [6.07, 6.45) is 0. The van der Waals surface area contributed by atoms with Crippen LogP contribution in [0.3, 0.4) is 0 Å². The molecule has 0 unspecified atom stereocenters. The quantitative estimate of drug-likeness (QED) is 0.904. The highest BCUT2D eigenvalue weighted by Gasteiger charge is 2.09. The molecule has 0 aliphatic rings. The lowest BCUT2D eigenvalue weighted by atomic mass is 10.0. The minimum atomic E-state index is -0.963. The number of carboxylic acid groups (broad SMARTS) is 1. The Labute approximate surface area is 126 Å². The van der Waals surface area contributed by atoms with Crippen LogP contribution in [0.25, 0.3) is 0 Å². The van der Waals surface area contributed by atoms with Gasteiger partial charge in [-0.25, -0.2) is 4.79 Å². The van der Waals surface area contributed by atoms with E-state index in [1.807, 2.05) is 32.0 Å². The van der Waals surface area contributed by atoms with E-state index in [1.165, 1.54) is 12.1 Å². The van der Waals surface area contributed by atoms with Crippen molar-refractivity contribution >= 4 is 21.9 Å². The van der Waals surface area contributed by atoms with Gasteiger partial charge in [0.1, 0.15) is 12.4 Å². The van der Waals surface area contributed by atoms with Crippen LogP contribution in [0.2, 0.25) is 0 Å². The van der Waals surface area contributed by atoms with Gasteiger partial charge >= 0.3 is 5.97 Å². The molecule has 20 heavy (non-hydrogen) atoms. The number of hydrogen-bond acceptors (Lipinski definition) is 2. The molecule has 0 amide bonds. The van der Waals surface area contributed by atoms with Crippen LogP contribution in [0.4, 0.5) is 0 Å². The third-order valence-electron chi connectivity index (χ3n) is 3.19. The topological polar surface area (TPSA) is 46.5 Å². The Kier molecular flexibility index (Phi) is 4.45. The van der Waals surface area contributed by atoms with Crippen LogP contribution in [0.1, 0.15) is 27.0 Å². The second-order valence-electron chi connectivity index (χ2n) is 4.61. The zero-order valence-electron chi connectivity index (χ0n) is 11.3. The average molecular weight is 335 g/mol. The van der Waals surface area contributed by atoms with E-state index in [0.29, 0.717) is 12.4 Å². The van der Waals surface area contributed by atoms with E-state index in [0.717, 1.165) is 21.2 Å². The molecule has 3 nitrogen and oxygen atoms in total. The van der Waals surface area contributed by atoms with Crippen LogP contribution in [0, 0.1) is 13.8 Å². The van der Waals surface area contributed by atoms with Crippen LogP contribution in [-0.2, 0) is 6.61 Å². The maximum atomic E-state index is 11.0. The van der Waals surface area contributed by atoms with Gasteiger partial charge in [-0.15, -0.1) is 0 Å². The Balaban J connectivity index is 2.23. The largest absolute Gasteiger partial charge is 0.488 e. The van der Waals surface area contributed by atoms with Crippen LogP contribution in [-0.4, -0.2) is 11.1 Å². The molecule has 0 bridgehead atoms. The van der Waals surface area contributed by atoms with Crippen LogP contribution < -0.4 is 4.74 Å². The summed E-state index contributed by atoms with van der Waals surface area (Å²) in [5.41, 5.74) is 3.66. The molecule has 4 heteroatoms. The number of rotatable bonds is 4. The van der Waals surface area contributed by atoms with Crippen molar-refractivity contribution in [1.29, 1.82) is 0 Å². The first kappa shape index (κ1) is 14.6. The second-order valence-corrected chi connectivity index (χ2v) is 5.46. The first-order valence-electron chi connectivity index (χ1n) is 6.20. The van der Waals surface area contributed by atoms with Gasteiger partial charge in [0.2, 0.25) is 0 Å². The maximum absolute atomic E-state index is 11.0. The molecule has 2 rings (SSSR count). The van der Waals surface area contributed by atoms with Gasteiger partial charge in [-0.05, 0) is 64.7 Å². The normalized spacial score (nSPS) is 10.3. The SMILES string of the molecule is Cc1cccc(C)c1COc1cc(C(=O)O)ccc1Br. The third kappa shape index (κ3) is 3.20. The van der Waals surface area contributed by atoms with Gasteiger partial charge in [0.05, 0.1) is 10.0 Å². The number of ether oxygens (including phenoxy) is 1. The summed E-state index contributed by atoms with van der Waals surface area (Å²) in [5.74, 6) is -0.429. The summed E-state index contributed by atoms with van der Waals surface area (Å²) in [6, 6.07) is 10.8. The van der Waals surface area contributed by atoms with Gasteiger partial charge < -0.3 is 9.84 Å². The molecule has 0 spiro atoms. The van der Waals surface area contributed by atoms with E-state index < -0.39 is 5.97 Å². The molecule has 2 aromatic rings. The lowest BCUT2D eigenvalue weighted by Crippen LogP contribution is -2.02. The summed E-state index contributed by atoms with van der Waals surface area (Å²) in [4.78, 5) is 11.0. The van der Waals surface area contributed by atoms with Crippen molar-refractivity contribution in [1.82, 2.24) is 0 Å². The smallest absolute Gasteiger partial charge is 0.335 e. The summed E-state index contributed by atoms with van der Waals surface area (Å²) in [6.45, 7) is 4.49. The Morgan fingerprint density at radius 2 is 1.85 bits per heavy atom. The highest BCUT2D eigenvalue weighted by atomic mass is 79.9. The van der Waals surface area contributed by atoms with Gasteiger partial charge in [-0.3, -0.25) is 0 Å². The van der Waals surface area contributed by atoms with Crippen molar-refractivity contribution in [3.63, 3.8) is 0 Å². The van der Waals surface area contributed by atoms with Crippen molar-refractivity contribution in [2.24, 2.45) is 0 Å². The Morgan fingerprint density at radius 3 is 2.45 bits per heavy atom. The minimum Gasteiger partial charge on any atom is -0.488 e. The molecule has 0 fully saturated rings. The first-order valence-corrected chi connectivity index (χ1v) is 6.99. The predicted molar refractivity (Wildman–Crippen MR) is 81.3 cm³/mol. The highest BCUT2D eigenvalue weighted by molar-refractivity contribution is 9.10. The molecule has 0 aliphatic carbocycles. The van der Waals surface area contributed by atoms with Gasteiger partial charge in [-0.2, -0.15) is 0 Å². The van der Waals surface area contributed by atoms with Crippen molar-refractivity contribution < 1.29 is 14.6 Å². The monoisotopic (exact) mass is 334 g/mol. The van der Waals surface area contributed by atoms with Crippen LogP contribution in [0.15, 0.2) is 40.9 Å². The van der Waals surface area contributed by atoms with Crippen LogP contribution >= 0.6 is 15.9 Å². The average Bonchev–Trinajstić information content (AvgIpc) is 2.39. The number of benzene rings is 2. The molecule has 104 valence electrons. The van der Waals surface area contributed by atoms with E-state index >= 15 is 0 Å². The standard InChI is InChI=1S/C16H15BrO3/c1-10-4-3-5-11(2)13(10)9-20-15-8-12(16(18)19)6-7-14(15)17/h3-8H,9H2,1-2H3,(H,18,19). The molecule has 0 aliphatic heterocycles. The van der Waals surface area contributed by atoms with Gasteiger partial charge in [-0.1, -0.05) is 18.2 Å². The minimum absolute atomic E-state index is 0.213. The molecular weight excluding hydrogens is 320 g/mol. The lowest BCUT2D eigenvalue weighted by Gasteiger charge is -2.13. The molecular formula is C16H15BrO3. The molecule has 1 N–H and O–H groups in total. The number of aromatic carboxylic acids is 1. The zero-order chi connectivity index (χ0) is 14.7. The fourth-order valence-electron chi connectivity index (χ4n) is 1.97. The van der Waals surface area contributed by atoms with Crippen LogP contribution in [0.5, 0.6) is 5.75 Å². The summed E-state index contributed by atoms with van der Waals surface area (Å²) < 4.78 is 6.51. The van der Waals surface area contributed by atoms with Gasteiger partial charge in [0.25, 0.3) is 0 Å². The molecule has 0 aromatic heterocycles. The van der Waals surface area contributed by atoms with E-state index in [-0.39, 0.29) is 5.56 Å². The zero-order valence-corrected chi connectivity index (χ0v) is 12.9. The van der Waals surface area contributed by atoms with Crippen molar-refractivity contribution in [2.75, 3.05) is 0 Å². The van der Waals surface area contributed by atoms with Gasteiger partial charge in [0, 0.05) is 0 Å². The summed E-state index contributed by atoms with van der Waals surface area (Å²) in [5, 5.41) is 9.00. The van der Waals surface area contributed by atoms with E-state index in [9.17, 15) is 4.79 Å². The Bertz CT molecular complexity index is 630. The maximum Gasteiger partial charge on any atom is 0.335 e. The molecule has 0 saturated carbocycles. The fourth-order valence-corrected chi connectivity index (χ4v) is 2.33. The lowest BCUT2D eigenvalue weighted by molar-refractivity contribution is 0.0696. The third-order valence-corrected chi connectivity index (χ3v) is 3.85. The predicted octanol–water partition coefficient (Wildman–Crippen LogP) is 4.34. The Morgan fingerprint density at radius 1 is 1.20 bits per heavy atom. The van der Waals surface area contributed by atoms with E-state index in [2.05, 4.69) is 15.9 Å². The van der Waals surface area contributed by atoms with E-state index in [1.54, 1.807) is 6.07 Å². The number of aryl methyl sites for hydroxylation is 2. The fraction of sp³-hybridized carbons (Fsp3) is 0.188. The number of carboxylic acids is 1. The first-order chi connectivity index (χ1) is 9.49. The second kappa shape index (κ2) is 6.09. The number of hydrogen-bond donors (Lipinski definition) is 1. The molecule has 0 heterocycles. The number of halogens is 1. The highest BCUT2D eigenvalue weighted by Crippen LogP contribution is 2.27. The Hall–Kier alpha value is -1.81. The molecule has 2 aromatic carbocycles. The molecule has 0 radical (unpaired) electrons. The molecule has 0 saturated heterocycles. The molecule has 0 atom stereocenters. The summed E-state index contributed by atoms with van der Waals surface area (Å²) in [7, 11) is 0. The number of carbonyl (C=O) groups is 1. The van der Waals surface area contributed by atoms with Crippen molar-refractivity contribution in [3.8, 4) is 5.75 Å². The van der Waals surface area contributed by atoms with Gasteiger partial charge in [0.15, 0.2) is 0 Å². The van der Waals surface area contributed by atoms with Crippen molar-refractivity contribution in [2.45, 2.75) is 20.5 Å². The summed E-state index contributed by atoms with van der Waals surface area (Å²) >= 11 is 3.37.